The van der Waals surface area contributed by atoms with Gasteiger partial charge in [0, 0.05) is 37.2 Å². The molecule has 0 aliphatic rings. The number of nitrogens with zero attached hydrogens (tertiary/aromatic N) is 7. The van der Waals surface area contributed by atoms with Crippen LogP contribution >= 0.6 is 0 Å². The molecule has 3 aromatic heterocycles. The summed E-state index contributed by atoms with van der Waals surface area (Å²) in [6.45, 7) is 0. The highest BCUT2D eigenvalue weighted by Crippen LogP contribution is 1.66. The van der Waals surface area contributed by atoms with E-state index in [1.54, 1.807) is 43.2 Å². The van der Waals surface area contributed by atoms with Gasteiger partial charge in [-0.3, -0.25) is 9.97 Å². The van der Waals surface area contributed by atoms with Crippen molar-refractivity contribution < 1.29 is 0 Å². The van der Waals surface area contributed by atoms with E-state index in [1.807, 2.05) is 0 Å². The van der Waals surface area contributed by atoms with Crippen LogP contribution in [0.4, 0.5) is 0 Å². The van der Waals surface area contributed by atoms with Gasteiger partial charge in [0.15, 0.2) is 0 Å². The lowest BCUT2D eigenvalue weighted by Gasteiger charge is -1.70. The maximum atomic E-state index is 3.72. The Morgan fingerprint density at radius 2 is 0.722 bits per heavy atom. The first kappa shape index (κ1) is 13.2. The second-order valence-corrected chi connectivity index (χ2v) is 2.59. The molecule has 0 aliphatic carbocycles. The van der Waals surface area contributed by atoms with Crippen molar-refractivity contribution >= 4 is 0 Å². The molecule has 7 heteroatoms. The van der Waals surface area contributed by atoms with Gasteiger partial charge in [0.2, 0.25) is 0 Å². The van der Waals surface area contributed by atoms with Crippen LogP contribution in [-0.4, -0.2) is 34.9 Å². The number of aromatic nitrogens is 7. The Balaban J connectivity index is 0.000000135. The third-order valence-corrected chi connectivity index (χ3v) is 1.36. The summed E-state index contributed by atoms with van der Waals surface area (Å²) in [4.78, 5) is 25.5. The molecule has 0 bridgehead atoms. The predicted molar refractivity (Wildman–Crippen MR) is 63.9 cm³/mol. The van der Waals surface area contributed by atoms with Crippen molar-refractivity contribution in [2.75, 3.05) is 0 Å². The summed E-state index contributed by atoms with van der Waals surface area (Å²) in [6.07, 6.45) is 15.7. The van der Waals surface area contributed by atoms with Gasteiger partial charge in [-0.05, 0) is 6.07 Å². The normalized spacial score (nSPS) is 8.00. The summed E-state index contributed by atoms with van der Waals surface area (Å²) in [5, 5.41) is 0. The number of hydrogen-bond acceptors (Lipinski definition) is 7. The molecule has 0 radical (unpaired) electrons. The van der Waals surface area contributed by atoms with Crippen LogP contribution in [0.3, 0.4) is 0 Å². The van der Waals surface area contributed by atoms with E-state index in [9.17, 15) is 0 Å². The average Bonchev–Trinajstić information content (AvgIpc) is 2.54. The van der Waals surface area contributed by atoms with Crippen LogP contribution in [-0.2, 0) is 0 Å². The Hall–Kier alpha value is -2.83. The molecule has 0 aliphatic heterocycles. The quantitative estimate of drug-likeness (QED) is 0.575. The molecule has 0 N–H and O–H groups in total. The molecule has 18 heavy (non-hydrogen) atoms. The average molecular weight is 241 g/mol. The zero-order chi connectivity index (χ0) is 12.7. The maximum Gasteiger partial charge on any atom is 0.119 e. The van der Waals surface area contributed by atoms with Gasteiger partial charge >= 0.3 is 0 Å². The molecular formula is C11H11N7. The molecule has 0 fully saturated rings. The second-order valence-electron chi connectivity index (χ2n) is 2.59. The molecule has 3 heterocycles. The number of rotatable bonds is 0. The highest BCUT2D eigenvalue weighted by atomic mass is 14.9. The number of hydrogen-bond donors (Lipinski definition) is 0. The summed E-state index contributed by atoms with van der Waals surface area (Å²) in [5.74, 6) is 0. The Bertz CT molecular complexity index is 308. The third-order valence-electron chi connectivity index (χ3n) is 1.36. The largest absolute Gasteiger partial charge is 0.262 e. The fourth-order valence-corrected chi connectivity index (χ4v) is 0.712. The molecule has 90 valence electrons. The highest BCUT2D eigenvalue weighted by molar-refractivity contribution is 4.74. The van der Waals surface area contributed by atoms with Gasteiger partial charge in [-0.2, -0.15) is 0 Å². The van der Waals surface area contributed by atoms with E-state index >= 15 is 0 Å². The van der Waals surface area contributed by atoms with Crippen LogP contribution in [0.1, 0.15) is 0 Å². The SMILES string of the molecule is c1cnccn1.c1cncnc1.c1ncncn1. The lowest BCUT2D eigenvalue weighted by Crippen LogP contribution is -1.73. The van der Waals surface area contributed by atoms with Crippen molar-refractivity contribution in [3.05, 3.63) is 68.6 Å². The lowest BCUT2D eigenvalue weighted by atomic mass is 10.7. The van der Waals surface area contributed by atoms with Gasteiger partial charge in [0.25, 0.3) is 0 Å². The summed E-state index contributed by atoms with van der Waals surface area (Å²) in [6, 6.07) is 1.78. The lowest BCUT2D eigenvalue weighted by molar-refractivity contribution is 1.05. The van der Waals surface area contributed by atoms with E-state index in [0.717, 1.165) is 0 Å². The summed E-state index contributed by atoms with van der Waals surface area (Å²) in [5.41, 5.74) is 0. The van der Waals surface area contributed by atoms with E-state index in [0.29, 0.717) is 0 Å². The van der Waals surface area contributed by atoms with Gasteiger partial charge < -0.3 is 0 Å². The van der Waals surface area contributed by atoms with Crippen LogP contribution in [0.25, 0.3) is 0 Å². The molecule has 0 saturated heterocycles. The predicted octanol–water partition coefficient (Wildman–Crippen LogP) is 0.825. The molecular weight excluding hydrogens is 230 g/mol. The van der Waals surface area contributed by atoms with Gasteiger partial charge in [-0.1, -0.05) is 0 Å². The van der Waals surface area contributed by atoms with Gasteiger partial charge in [0.1, 0.15) is 25.3 Å². The van der Waals surface area contributed by atoms with Crippen LogP contribution in [0.5, 0.6) is 0 Å². The van der Waals surface area contributed by atoms with Crippen molar-refractivity contribution in [3.63, 3.8) is 0 Å². The maximum absolute atomic E-state index is 3.72. The summed E-state index contributed by atoms with van der Waals surface area (Å²) in [7, 11) is 0. The minimum atomic E-state index is 1.44. The Morgan fingerprint density at radius 3 is 0.889 bits per heavy atom. The summed E-state index contributed by atoms with van der Waals surface area (Å²) < 4.78 is 0. The van der Waals surface area contributed by atoms with Gasteiger partial charge in [-0.15, -0.1) is 0 Å². The van der Waals surface area contributed by atoms with E-state index in [1.165, 1.54) is 25.3 Å². The zero-order valence-electron chi connectivity index (χ0n) is 9.48. The second kappa shape index (κ2) is 10.7. The van der Waals surface area contributed by atoms with Crippen molar-refractivity contribution in [1.29, 1.82) is 0 Å². The van der Waals surface area contributed by atoms with Crippen molar-refractivity contribution in [3.8, 4) is 0 Å². The van der Waals surface area contributed by atoms with Gasteiger partial charge in [-0.25, -0.2) is 24.9 Å². The van der Waals surface area contributed by atoms with Crippen molar-refractivity contribution in [2.45, 2.75) is 0 Å². The van der Waals surface area contributed by atoms with Crippen LogP contribution in [0.2, 0.25) is 0 Å². The van der Waals surface area contributed by atoms with Crippen LogP contribution in [0.15, 0.2) is 68.6 Å². The van der Waals surface area contributed by atoms with E-state index in [2.05, 4.69) is 34.9 Å². The van der Waals surface area contributed by atoms with Gasteiger partial charge in [0.05, 0.1) is 0 Å². The van der Waals surface area contributed by atoms with E-state index in [-0.39, 0.29) is 0 Å². The van der Waals surface area contributed by atoms with Crippen molar-refractivity contribution in [1.82, 2.24) is 34.9 Å². The standard InChI is InChI=1S/2C4H4N2.C3H3N3/c1-2-6-4-3-5-1;1-2-5-4-6-3-1;1-4-2-6-3-5-1/h2*1-4H;1-3H. The Morgan fingerprint density at radius 1 is 0.333 bits per heavy atom. The Kier molecular flexibility index (Phi) is 7.85. The molecule has 7 nitrogen and oxygen atoms in total. The highest BCUT2D eigenvalue weighted by Gasteiger charge is 1.60. The first-order valence-corrected chi connectivity index (χ1v) is 4.95. The molecule has 0 spiro atoms. The fourth-order valence-electron chi connectivity index (χ4n) is 0.712. The molecule has 0 saturated carbocycles. The molecule has 0 atom stereocenters. The van der Waals surface area contributed by atoms with Crippen LogP contribution in [0, 0.1) is 0 Å². The Labute approximate surface area is 104 Å². The first-order chi connectivity index (χ1) is 9.00. The molecule has 3 rings (SSSR count). The molecule has 0 unspecified atom stereocenters. The molecule has 3 aromatic rings. The summed E-state index contributed by atoms with van der Waals surface area (Å²) >= 11 is 0. The minimum absolute atomic E-state index is 1.44. The zero-order valence-corrected chi connectivity index (χ0v) is 9.48. The minimum Gasteiger partial charge on any atom is -0.262 e. The fraction of sp³-hybridized carbons (Fsp3) is 0. The van der Waals surface area contributed by atoms with Crippen molar-refractivity contribution in [2.24, 2.45) is 0 Å². The monoisotopic (exact) mass is 241 g/mol. The molecule has 0 amide bonds. The first-order valence-electron chi connectivity index (χ1n) is 4.95. The van der Waals surface area contributed by atoms with E-state index in [4.69, 9.17) is 0 Å². The van der Waals surface area contributed by atoms with E-state index < -0.39 is 0 Å². The van der Waals surface area contributed by atoms with Crippen LogP contribution < -0.4 is 0 Å². The molecule has 0 aromatic carbocycles. The smallest absolute Gasteiger partial charge is 0.119 e. The topological polar surface area (TPSA) is 90.2 Å². The third kappa shape index (κ3) is 8.48.